The van der Waals surface area contributed by atoms with Crippen LogP contribution >= 0.6 is 11.3 Å². The van der Waals surface area contributed by atoms with Gasteiger partial charge in [0, 0.05) is 23.9 Å². The molecule has 0 aliphatic heterocycles. The number of halogens is 1. The summed E-state index contributed by atoms with van der Waals surface area (Å²) in [4.78, 5) is 15.7. The van der Waals surface area contributed by atoms with Gasteiger partial charge in [0.1, 0.15) is 5.82 Å². The van der Waals surface area contributed by atoms with E-state index in [1.54, 1.807) is 18.2 Å². The number of carbonyl (C=O) groups is 1. The highest BCUT2D eigenvalue weighted by molar-refractivity contribution is 7.13. The summed E-state index contributed by atoms with van der Waals surface area (Å²) in [6.07, 6.45) is 0.856. The largest absolute Gasteiger partial charge is 0.375 e. The van der Waals surface area contributed by atoms with Gasteiger partial charge in [-0.3, -0.25) is 4.79 Å². The first-order chi connectivity index (χ1) is 9.15. The third-order valence-corrected chi connectivity index (χ3v) is 3.33. The minimum absolute atomic E-state index is 0.130. The number of thiazole rings is 1. The Morgan fingerprint density at radius 1 is 1.42 bits per heavy atom. The first-order valence-electron chi connectivity index (χ1n) is 5.85. The van der Waals surface area contributed by atoms with E-state index < -0.39 is 0 Å². The number of amides is 1. The van der Waals surface area contributed by atoms with E-state index in [4.69, 9.17) is 5.73 Å². The number of hydrogen-bond donors (Lipinski definition) is 2. The Hall–Kier alpha value is -1.95. The molecule has 0 saturated heterocycles. The quantitative estimate of drug-likeness (QED) is 0.881. The van der Waals surface area contributed by atoms with Crippen molar-refractivity contribution in [2.45, 2.75) is 19.4 Å². The van der Waals surface area contributed by atoms with E-state index in [9.17, 15) is 9.18 Å². The molecule has 0 saturated carbocycles. The summed E-state index contributed by atoms with van der Waals surface area (Å²) in [5, 5.41) is 5.02. The van der Waals surface area contributed by atoms with Gasteiger partial charge in [0.25, 0.3) is 0 Å². The van der Waals surface area contributed by atoms with Gasteiger partial charge in [0.2, 0.25) is 5.91 Å². The molecule has 6 heteroatoms. The predicted octanol–water partition coefficient (Wildman–Crippen LogP) is 2.11. The zero-order valence-electron chi connectivity index (χ0n) is 10.2. The molecule has 0 bridgehead atoms. The van der Waals surface area contributed by atoms with Crippen LogP contribution in [0.15, 0.2) is 29.6 Å². The molecule has 0 fully saturated rings. The fraction of sp³-hybridized carbons (Fsp3) is 0.231. The van der Waals surface area contributed by atoms with Crippen molar-refractivity contribution in [1.29, 1.82) is 0 Å². The number of carbonyl (C=O) groups excluding carboxylic acids is 1. The van der Waals surface area contributed by atoms with Crippen molar-refractivity contribution in [2.75, 3.05) is 5.73 Å². The molecule has 2 aromatic rings. The van der Waals surface area contributed by atoms with Crippen LogP contribution < -0.4 is 11.1 Å². The Morgan fingerprint density at radius 3 is 2.89 bits per heavy atom. The molecule has 1 aromatic carbocycles. The van der Waals surface area contributed by atoms with Crippen LogP contribution in [-0.4, -0.2) is 10.9 Å². The Labute approximate surface area is 114 Å². The molecule has 100 valence electrons. The van der Waals surface area contributed by atoms with Crippen molar-refractivity contribution in [3.05, 3.63) is 46.7 Å². The average molecular weight is 279 g/mol. The second-order valence-corrected chi connectivity index (χ2v) is 4.93. The van der Waals surface area contributed by atoms with Crippen LogP contribution in [-0.2, 0) is 17.8 Å². The second-order valence-electron chi connectivity index (χ2n) is 4.05. The second kappa shape index (κ2) is 6.29. The smallest absolute Gasteiger partial charge is 0.220 e. The van der Waals surface area contributed by atoms with Gasteiger partial charge < -0.3 is 11.1 Å². The summed E-state index contributed by atoms with van der Waals surface area (Å²) >= 11 is 1.35. The SMILES string of the molecule is Nc1nc(CCC(=O)NCc2ccccc2F)cs1. The molecule has 0 atom stereocenters. The van der Waals surface area contributed by atoms with Crippen LogP contribution in [0.1, 0.15) is 17.7 Å². The Kier molecular flexibility index (Phi) is 4.46. The average Bonchev–Trinajstić information content (AvgIpc) is 2.81. The summed E-state index contributed by atoms with van der Waals surface area (Å²) in [7, 11) is 0. The van der Waals surface area contributed by atoms with Gasteiger partial charge in [-0.15, -0.1) is 11.3 Å². The highest BCUT2D eigenvalue weighted by atomic mass is 32.1. The number of hydrogen-bond acceptors (Lipinski definition) is 4. The lowest BCUT2D eigenvalue weighted by Gasteiger charge is -2.05. The molecule has 0 aliphatic carbocycles. The van der Waals surface area contributed by atoms with Crippen molar-refractivity contribution < 1.29 is 9.18 Å². The van der Waals surface area contributed by atoms with E-state index in [1.165, 1.54) is 17.4 Å². The van der Waals surface area contributed by atoms with Crippen LogP contribution in [0, 0.1) is 5.82 Å². The molecule has 1 amide bonds. The van der Waals surface area contributed by atoms with E-state index in [-0.39, 0.29) is 18.3 Å². The number of nitrogens with two attached hydrogens (primary N) is 1. The van der Waals surface area contributed by atoms with Gasteiger partial charge >= 0.3 is 0 Å². The molecule has 0 spiro atoms. The number of nitrogen functional groups attached to an aromatic ring is 1. The highest BCUT2D eigenvalue weighted by Gasteiger charge is 2.06. The monoisotopic (exact) mass is 279 g/mol. The van der Waals surface area contributed by atoms with Crippen LogP contribution in [0.4, 0.5) is 9.52 Å². The lowest BCUT2D eigenvalue weighted by atomic mass is 10.2. The van der Waals surface area contributed by atoms with Crippen molar-refractivity contribution >= 4 is 22.4 Å². The normalized spacial score (nSPS) is 10.4. The standard InChI is InChI=1S/C13H14FN3OS/c14-11-4-2-1-3-9(11)7-16-12(18)6-5-10-8-19-13(15)17-10/h1-4,8H,5-7H2,(H2,15,17)(H,16,18). The van der Waals surface area contributed by atoms with Crippen molar-refractivity contribution in [2.24, 2.45) is 0 Å². The van der Waals surface area contributed by atoms with Gasteiger partial charge in [0.05, 0.1) is 5.69 Å². The molecule has 1 heterocycles. The lowest BCUT2D eigenvalue weighted by Crippen LogP contribution is -2.23. The molecule has 0 unspecified atom stereocenters. The molecule has 1 aromatic heterocycles. The Morgan fingerprint density at radius 2 is 2.21 bits per heavy atom. The number of nitrogens with one attached hydrogen (secondary N) is 1. The molecule has 3 N–H and O–H groups in total. The van der Waals surface area contributed by atoms with Gasteiger partial charge in [-0.25, -0.2) is 9.37 Å². The number of aromatic nitrogens is 1. The summed E-state index contributed by atoms with van der Waals surface area (Å²) < 4.78 is 13.3. The van der Waals surface area contributed by atoms with Crippen LogP contribution in [0.5, 0.6) is 0 Å². The topological polar surface area (TPSA) is 68.0 Å². The molecule has 4 nitrogen and oxygen atoms in total. The highest BCUT2D eigenvalue weighted by Crippen LogP contribution is 2.12. The zero-order valence-corrected chi connectivity index (χ0v) is 11.0. The minimum atomic E-state index is -0.310. The zero-order chi connectivity index (χ0) is 13.7. The van der Waals surface area contributed by atoms with Crippen LogP contribution in [0.3, 0.4) is 0 Å². The Bertz CT molecular complexity index is 571. The third kappa shape index (κ3) is 4.03. The van der Waals surface area contributed by atoms with E-state index in [1.807, 2.05) is 5.38 Å². The van der Waals surface area contributed by atoms with E-state index in [2.05, 4.69) is 10.3 Å². The molecular formula is C13H14FN3OS. The van der Waals surface area contributed by atoms with Crippen molar-refractivity contribution in [3.8, 4) is 0 Å². The van der Waals surface area contributed by atoms with E-state index in [0.717, 1.165) is 5.69 Å². The molecule has 0 radical (unpaired) electrons. The first kappa shape index (κ1) is 13.5. The van der Waals surface area contributed by atoms with Gasteiger partial charge in [-0.05, 0) is 12.5 Å². The summed E-state index contributed by atoms with van der Waals surface area (Å²) in [6, 6.07) is 6.38. The van der Waals surface area contributed by atoms with Gasteiger partial charge in [-0.2, -0.15) is 0 Å². The first-order valence-corrected chi connectivity index (χ1v) is 6.73. The van der Waals surface area contributed by atoms with Crippen LogP contribution in [0.2, 0.25) is 0 Å². The minimum Gasteiger partial charge on any atom is -0.375 e. The maximum Gasteiger partial charge on any atom is 0.220 e. The number of benzene rings is 1. The molecular weight excluding hydrogens is 265 g/mol. The number of nitrogens with zero attached hydrogens (tertiary/aromatic N) is 1. The molecule has 19 heavy (non-hydrogen) atoms. The summed E-state index contributed by atoms with van der Waals surface area (Å²) in [5.74, 6) is -0.440. The lowest BCUT2D eigenvalue weighted by molar-refractivity contribution is -0.121. The fourth-order valence-corrected chi connectivity index (χ4v) is 2.20. The van der Waals surface area contributed by atoms with Crippen molar-refractivity contribution in [1.82, 2.24) is 10.3 Å². The maximum atomic E-state index is 13.3. The third-order valence-electron chi connectivity index (χ3n) is 2.61. The van der Waals surface area contributed by atoms with Crippen molar-refractivity contribution in [3.63, 3.8) is 0 Å². The molecule has 2 rings (SSSR count). The number of anilines is 1. The predicted molar refractivity (Wildman–Crippen MR) is 73.1 cm³/mol. The Balaban J connectivity index is 1.77. The van der Waals surface area contributed by atoms with E-state index >= 15 is 0 Å². The van der Waals surface area contributed by atoms with Gasteiger partial charge in [0.15, 0.2) is 5.13 Å². The van der Waals surface area contributed by atoms with E-state index in [0.29, 0.717) is 23.5 Å². The maximum absolute atomic E-state index is 13.3. The number of rotatable bonds is 5. The molecule has 0 aliphatic rings. The van der Waals surface area contributed by atoms with Crippen LogP contribution in [0.25, 0.3) is 0 Å². The summed E-state index contributed by atoms with van der Waals surface area (Å²) in [6.45, 7) is 0.199. The van der Waals surface area contributed by atoms with Gasteiger partial charge in [-0.1, -0.05) is 18.2 Å². The fourth-order valence-electron chi connectivity index (χ4n) is 1.60. The number of aryl methyl sites for hydroxylation is 1. The summed E-state index contributed by atoms with van der Waals surface area (Å²) in [5.41, 5.74) is 6.79.